The number of carbonyl (C=O) groups excluding carboxylic acids is 6. The van der Waals surface area contributed by atoms with Crippen molar-refractivity contribution in [3.63, 3.8) is 0 Å². The summed E-state index contributed by atoms with van der Waals surface area (Å²) < 4.78 is 45.7. The van der Waals surface area contributed by atoms with E-state index < -0.39 is 82.0 Å². The molecule has 4 aliphatic heterocycles. The lowest BCUT2D eigenvalue weighted by atomic mass is 9.75. The average molecular weight is 889 g/mol. The Balaban J connectivity index is 0.905. The second-order valence-electron chi connectivity index (χ2n) is 17.8. The summed E-state index contributed by atoms with van der Waals surface area (Å²) in [6.07, 6.45) is 20.7. The fourth-order valence-electron chi connectivity index (χ4n) is 9.73. The van der Waals surface area contributed by atoms with Crippen LogP contribution >= 0.6 is 0 Å². The number of ether oxygens (including phenoxy) is 8. The Morgan fingerprint density at radius 3 is 1.17 bits per heavy atom. The molecule has 2 saturated heterocycles. The van der Waals surface area contributed by atoms with Crippen molar-refractivity contribution >= 4 is 35.8 Å². The first kappa shape index (κ1) is 45.9. The summed E-state index contributed by atoms with van der Waals surface area (Å²) in [4.78, 5) is 78.0. The van der Waals surface area contributed by atoms with E-state index in [1.807, 2.05) is 13.8 Å². The van der Waals surface area contributed by atoms with Gasteiger partial charge in [-0.15, -0.1) is 0 Å². The van der Waals surface area contributed by atoms with Gasteiger partial charge in [0.05, 0.1) is 0 Å². The molecule has 0 bridgehead atoms. The minimum atomic E-state index is -1.67. The Hall–Kier alpha value is -6.06. The Morgan fingerprint density at radius 1 is 0.484 bits per heavy atom. The van der Waals surface area contributed by atoms with Crippen molar-refractivity contribution in [2.45, 2.75) is 141 Å². The van der Waals surface area contributed by atoms with E-state index in [1.165, 1.54) is 60.8 Å². The van der Waals surface area contributed by atoms with Gasteiger partial charge in [0.1, 0.15) is 22.3 Å². The largest absolute Gasteiger partial charge is 0.480 e. The van der Waals surface area contributed by atoms with Gasteiger partial charge in [-0.2, -0.15) is 0 Å². The van der Waals surface area contributed by atoms with Crippen LogP contribution in [0.2, 0.25) is 0 Å². The number of rotatable bonds is 10. The van der Waals surface area contributed by atoms with Crippen molar-refractivity contribution in [1.82, 2.24) is 0 Å². The summed E-state index contributed by atoms with van der Waals surface area (Å²) in [5.41, 5.74) is -1.14. The van der Waals surface area contributed by atoms with Gasteiger partial charge in [0, 0.05) is 50.4 Å². The molecule has 2 N–H and O–H groups in total. The maximum absolute atomic E-state index is 13.0. The fourth-order valence-corrected chi connectivity index (χ4v) is 9.73. The predicted octanol–water partition coefficient (Wildman–Crippen LogP) is 7.78. The molecule has 7 aliphatic rings. The van der Waals surface area contributed by atoms with E-state index >= 15 is 0 Å². The number of allylic oxidation sites excluding steroid dienone is 8. The molecule has 5 fully saturated rings. The first-order valence-corrected chi connectivity index (χ1v) is 22.3. The molecule has 0 amide bonds. The number of hydrogen-bond donors (Lipinski definition) is 2. The molecule has 0 radical (unpaired) electrons. The van der Waals surface area contributed by atoms with Crippen molar-refractivity contribution in [2.24, 2.45) is 23.7 Å². The highest BCUT2D eigenvalue weighted by Gasteiger charge is 2.57. The van der Waals surface area contributed by atoms with Crippen LogP contribution in [-0.2, 0) is 66.7 Å². The van der Waals surface area contributed by atoms with Crippen molar-refractivity contribution in [3.8, 4) is 0 Å². The summed E-state index contributed by atoms with van der Waals surface area (Å²) in [5, 5.41) is 21.4. The van der Waals surface area contributed by atoms with Gasteiger partial charge in [-0.05, 0) is 74.7 Å². The molecule has 6 atom stereocenters. The van der Waals surface area contributed by atoms with Gasteiger partial charge in [-0.25, -0.2) is 28.8 Å². The normalized spacial score (nSPS) is 34.7. The first-order chi connectivity index (χ1) is 30.5. The molecule has 0 aromatic rings. The SMILES string of the molecule is CCCC1CCC(C)CC12OC(=O)C(C=CC=CC=C1C(=O)OC3(CCC4(CC3)OC(=O)C(=C/C=C/C=C/C3=C(O)OC5(CC(C)CCC5CCC)OC3=O)C(=O)O4)OC1=O)=C(O)O2. The second kappa shape index (κ2) is 18.6. The van der Waals surface area contributed by atoms with E-state index in [0.717, 1.165) is 51.4 Å². The highest BCUT2D eigenvalue weighted by molar-refractivity contribution is 6.16. The number of aliphatic hydroxyl groups excluding tert-OH is 2. The van der Waals surface area contributed by atoms with Gasteiger partial charge in [-0.3, -0.25) is 0 Å². The molecule has 16 heteroatoms. The highest BCUT2D eigenvalue weighted by Crippen LogP contribution is 2.49. The third-order valence-electron chi connectivity index (χ3n) is 13.0. The molecule has 3 aliphatic carbocycles. The lowest BCUT2D eigenvalue weighted by molar-refractivity contribution is -0.291. The second-order valence-corrected chi connectivity index (χ2v) is 17.8. The van der Waals surface area contributed by atoms with E-state index in [2.05, 4.69) is 13.8 Å². The van der Waals surface area contributed by atoms with Crippen LogP contribution in [0.4, 0.5) is 0 Å². The van der Waals surface area contributed by atoms with E-state index in [0.29, 0.717) is 12.8 Å². The van der Waals surface area contributed by atoms with Crippen LogP contribution in [0, 0.1) is 23.7 Å². The topological polar surface area (TPSA) is 217 Å². The van der Waals surface area contributed by atoms with Crippen LogP contribution in [0.1, 0.15) is 118 Å². The molecular weight excluding hydrogens is 833 g/mol. The zero-order chi connectivity index (χ0) is 45.9. The van der Waals surface area contributed by atoms with Crippen molar-refractivity contribution in [3.05, 3.63) is 94.9 Å². The predicted molar refractivity (Wildman–Crippen MR) is 223 cm³/mol. The zero-order valence-corrected chi connectivity index (χ0v) is 36.6. The molecule has 4 spiro atoms. The molecular formula is C48H56O16. The van der Waals surface area contributed by atoms with Gasteiger partial charge in [0.2, 0.25) is 0 Å². The summed E-state index contributed by atoms with van der Waals surface area (Å²) in [6.45, 7) is 8.19. The number of hydrogen-bond acceptors (Lipinski definition) is 16. The van der Waals surface area contributed by atoms with E-state index in [9.17, 15) is 39.0 Å². The summed E-state index contributed by atoms with van der Waals surface area (Å²) in [6, 6.07) is 0. The van der Waals surface area contributed by atoms with E-state index in [1.54, 1.807) is 0 Å². The van der Waals surface area contributed by atoms with Crippen molar-refractivity contribution < 1.29 is 76.9 Å². The number of carbonyl (C=O) groups is 6. The smallest absolute Gasteiger partial charge is 0.348 e. The molecule has 16 nitrogen and oxygen atoms in total. The first-order valence-electron chi connectivity index (χ1n) is 22.3. The quantitative estimate of drug-likeness (QED) is 0.0704. The van der Waals surface area contributed by atoms with Crippen LogP contribution in [0.5, 0.6) is 0 Å². The molecule has 6 unspecified atom stereocenters. The maximum Gasteiger partial charge on any atom is 0.348 e. The minimum Gasteiger partial charge on any atom is -0.480 e. The summed E-state index contributed by atoms with van der Waals surface area (Å²) >= 11 is 0. The number of esters is 6. The Kier molecular flexibility index (Phi) is 13.3. The molecule has 3 saturated carbocycles. The van der Waals surface area contributed by atoms with Gasteiger partial charge >= 0.3 is 35.8 Å². The Morgan fingerprint density at radius 2 is 0.844 bits per heavy atom. The fraction of sp³-hybridized carbons (Fsp3) is 0.542. The van der Waals surface area contributed by atoms with Gasteiger partial charge in [0.15, 0.2) is 0 Å². The Labute approximate surface area is 371 Å². The van der Waals surface area contributed by atoms with Gasteiger partial charge in [0.25, 0.3) is 35.0 Å². The molecule has 4 heterocycles. The van der Waals surface area contributed by atoms with Crippen LogP contribution in [0.25, 0.3) is 0 Å². The van der Waals surface area contributed by atoms with Crippen LogP contribution in [-0.4, -0.2) is 69.2 Å². The Bertz CT molecular complexity index is 1980. The van der Waals surface area contributed by atoms with Gasteiger partial charge in [-0.1, -0.05) is 77.0 Å². The third kappa shape index (κ3) is 9.41. The molecule has 0 aromatic heterocycles. The molecule has 344 valence electrons. The zero-order valence-electron chi connectivity index (χ0n) is 36.6. The van der Waals surface area contributed by atoms with Crippen LogP contribution in [0.15, 0.2) is 94.9 Å². The number of aliphatic hydroxyl groups is 2. The van der Waals surface area contributed by atoms with Crippen LogP contribution in [0.3, 0.4) is 0 Å². The molecule has 0 aromatic carbocycles. The van der Waals surface area contributed by atoms with Gasteiger partial charge < -0.3 is 48.1 Å². The summed E-state index contributed by atoms with van der Waals surface area (Å²) in [7, 11) is 0. The molecule has 64 heavy (non-hydrogen) atoms. The van der Waals surface area contributed by atoms with Crippen molar-refractivity contribution in [1.29, 1.82) is 0 Å². The lowest BCUT2D eigenvalue weighted by Gasteiger charge is -2.46. The van der Waals surface area contributed by atoms with Crippen LogP contribution < -0.4 is 0 Å². The molecule has 7 rings (SSSR count). The standard InChI is InChI=1S/C48H56O16/c1-5-13-31-21-19-29(3)27-47(31)61-41(53)35(42(54)62-47)17-11-7-9-15-33-37(49)57-45(58-38(33)50)23-25-46(26-24-45)59-39(51)34(40(52)60-46)16-10-8-12-18-36-43(55)63-48(64-44(36)56)28-30(4)20-22-32(48)14-6-2/h7-12,15-18,29-32,53,55H,5-6,13-14,19-28H2,1-4H3/b9-7+,10-8?,17-11+,18-12?,33-15?,34-16?. The van der Waals surface area contributed by atoms with Crippen molar-refractivity contribution in [2.75, 3.05) is 0 Å². The average Bonchev–Trinajstić information content (AvgIpc) is 3.22. The summed E-state index contributed by atoms with van der Waals surface area (Å²) in [5.74, 6) is -11.6. The van der Waals surface area contributed by atoms with E-state index in [4.69, 9.17) is 37.9 Å². The minimum absolute atomic E-state index is 0.0354. The third-order valence-corrected chi connectivity index (χ3v) is 13.0. The maximum atomic E-state index is 13.0. The monoisotopic (exact) mass is 888 g/mol. The lowest BCUT2D eigenvalue weighted by Crippen LogP contribution is -2.56. The van der Waals surface area contributed by atoms with E-state index in [-0.39, 0.29) is 60.5 Å². The highest BCUT2D eigenvalue weighted by atomic mass is 16.8.